The van der Waals surface area contributed by atoms with E-state index in [-0.39, 0.29) is 12.2 Å². The van der Waals surface area contributed by atoms with Crippen LogP contribution >= 0.6 is 0 Å². The number of anilines is 1. The lowest BCUT2D eigenvalue weighted by Crippen LogP contribution is -2.67. The van der Waals surface area contributed by atoms with E-state index in [2.05, 4.69) is 33.5 Å². The summed E-state index contributed by atoms with van der Waals surface area (Å²) in [6.07, 6.45) is 7.50. The van der Waals surface area contributed by atoms with Crippen LogP contribution in [-0.2, 0) is 0 Å². The number of ether oxygens (including phenoxy) is 1. The second-order valence-corrected chi connectivity index (χ2v) is 8.52. The molecule has 0 aromatic carbocycles. The molecule has 2 bridgehead atoms. The Morgan fingerprint density at radius 1 is 1.17 bits per heavy atom. The third-order valence-corrected chi connectivity index (χ3v) is 6.38. The number of hydrogen-bond donors (Lipinski definition) is 2. The minimum absolute atomic E-state index is 0.0101. The van der Waals surface area contributed by atoms with Gasteiger partial charge in [-0.3, -0.25) is 0 Å². The van der Waals surface area contributed by atoms with Crippen molar-refractivity contribution in [3.63, 3.8) is 0 Å². The molecule has 2 N–H and O–H groups in total. The van der Waals surface area contributed by atoms with Crippen LogP contribution < -0.4 is 15.0 Å². The molecule has 152 valence electrons. The molecule has 3 aromatic rings. The van der Waals surface area contributed by atoms with Crippen molar-refractivity contribution in [1.82, 2.24) is 19.9 Å². The van der Waals surface area contributed by atoms with Crippen LogP contribution in [0.25, 0.3) is 16.6 Å². The number of piperazine rings is 1. The van der Waals surface area contributed by atoms with Crippen molar-refractivity contribution in [2.24, 2.45) is 0 Å². The van der Waals surface area contributed by atoms with Gasteiger partial charge in [0.2, 0.25) is 0 Å². The van der Waals surface area contributed by atoms with Gasteiger partial charge in [0.05, 0.1) is 29.6 Å². The highest BCUT2D eigenvalue weighted by atomic mass is 16.5. The number of fused-ring (bicyclic) bond motifs is 3. The molecule has 8 heteroatoms. The fourth-order valence-corrected chi connectivity index (χ4v) is 4.72. The van der Waals surface area contributed by atoms with Crippen LogP contribution in [-0.4, -0.2) is 57.1 Å². The Balaban J connectivity index is 1.35. The van der Waals surface area contributed by atoms with Crippen LogP contribution in [0.4, 0.5) is 5.82 Å². The summed E-state index contributed by atoms with van der Waals surface area (Å²) in [7, 11) is 0. The molecule has 6 heterocycles. The Kier molecular flexibility index (Phi) is 3.94. The van der Waals surface area contributed by atoms with E-state index in [0.29, 0.717) is 36.2 Å². The molecule has 30 heavy (non-hydrogen) atoms. The highest BCUT2D eigenvalue weighted by Gasteiger charge is 2.36. The predicted octanol–water partition coefficient (Wildman–Crippen LogP) is 1.72. The molecule has 7 rings (SSSR count). The first kappa shape index (κ1) is 17.7. The maximum Gasteiger partial charge on any atom is 0.138 e. The summed E-state index contributed by atoms with van der Waals surface area (Å²) >= 11 is 0. The number of pyridine rings is 2. The molecule has 2 atom stereocenters. The number of nitrogens with one attached hydrogen (secondary N) is 1. The number of hydrogen-bond acceptors (Lipinski definition) is 7. The summed E-state index contributed by atoms with van der Waals surface area (Å²) in [6, 6.07) is 9.43. The molecule has 3 saturated heterocycles. The summed E-state index contributed by atoms with van der Waals surface area (Å²) < 4.78 is 7.72. The van der Waals surface area contributed by atoms with E-state index in [9.17, 15) is 10.4 Å². The molecule has 3 aromatic heterocycles. The quantitative estimate of drug-likeness (QED) is 0.686. The second kappa shape index (κ2) is 6.69. The Hall–Kier alpha value is -3.15. The van der Waals surface area contributed by atoms with Crippen molar-refractivity contribution in [1.29, 1.82) is 5.26 Å². The molecule has 4 aliphatic rings. The molecule has 4 fully saturated rings. The molecule has 0 spiro atoms. The van der Waals surface area contributed by atoms with E-state index in [1.165, 1.54) is 6.42 Å². The number of aliphatic hydroxyl groups excluding tert-OH is 1. The van der Waals surface area contributed by atoms with Gasteiger partial charge in [-0.2, -0.15) is 10.4 Å². The number of aliphatic hydroxyl groups is 1. The van der Waals surface area contributed by atoms with E-state index < -0.39 is 0 Å². The Morgan fingerprint density at radius 3 is 2.63 bits per heavy atom. The standard InChI is InChI=1S/C22H22N6O2/c23-7-14-9-25-28-12-19(30-18-4-17(29)5-18)6-20(22(14)28)13-1-2-21(24-8-13)27-10-15-3-16(11-27)26-15/h1-2,6,8-9,12,15-18,26,29H,3-5,10-11H2/t15-,16-,17?,18?/m1/s1. The summed E-state index contributed by atoms with van der Waals surface area (Å²) in [5.74, 6) is 1.66. The number of nitriles is 1. The van der Waals surface area contributed by atoms with Crippen molar-refractivity contribution >= 4 is 11.3 Å². The van der Waals surface area contributed by atoms with E-state index in [0.717, 1.165) is 35.6 Å². The monoisotopic (exact) mass is 402 g/mol. The van der Waals surface area contributed by atoms with Gasteiger partial charge in [0, 0.05) is 55.3 Å². The van der Waals surface area contributed by atoms with E-state index >= 15 is 0 Å². The first-order chi connectivity index (χ1) is 14.7. The Morgan fingerprint density at radius 2 is 1.97 bits per heavy atom. The van der Waals surface area contributed by atoms with Crippen molar-refractivity contribution < 1.29 is 9.84 Å². The Bertz CT molecular complexity index is 1130. The zero-order valence-electron chi connectivity index (χ0n) is 16.4. The van der Waals surface area contributed by atoms with Crippen molar-refractivity contribution in [2.45, 2.75) is 43.6 Å². The van der Waals surface area contributed by atoms with Crippen molar-refractivity contribution in [2.75, 3.05) is 18.0 Å². The number of aromatic nitrogens is 3. The van der Waals surface area contributed by atoms with Gasteiger partial charge in [0.1, 0.15) is 23.7 Å². The molecular formula is C22H22N6O2. The first-order valence-corrected chi connectivity index (χ1v) is 10.4. The number of rotatable bonds is 4. The lowest BCUT2D eigenvalue weighted by Gasteiger charge is -2.48. The average molecular weight is 402 g/mol. The van der Waals surface area contributed by atoms with Gasteiger partial charge in [-0.25, -0.2) is 9.50 Å². The minimum atomic E-state index is -0.277. The average Bonchev–Trinajstić information content (AvgIpc) is 3.15. The molecule has 0 amide bonds. The van der Waals surface area contributed by atoms with Crippen LogP contribution in [0.2, 0.25) is 0 Å². The van der Waals surface area contributed by atoms with E-state index in [1.807, 2.05) is 12.3 Å². The molecule has 1 saturated carbocycles. The Labute approximate surface area is 173 Å². The first-order valence-electron chi connectivity index (χ1n) is 10.4. The molecule has 0 unspecified atom stereocenters. The molecular weight excluding hydrogens is 380 g/mol. The SMILES string of the molecule is N#Cc1cnn2cc(OC3CC(O)C3)cc(-c3ccc(N4C[C@H]5C[C@H](C4)N5)nc3)c12. The number of nitrogens with zero attached hydrogens (tertiary/aromatic N) is 5. The summed E-state index contributed by atoms with van der Waals surface area (Å²) in [6.45, 7) is 1.98. The van der Waals surface area contributed by atoms with Crippen LogP contribution in [0.5, 0.6) is 5.75 Å². The second-order valence-electron chi connectivity index (χ2n) is 8.52. The third-order valence-electron chi connectivity index (χ3n) is 6.38. The number of piperidine rings is 1. The van der Waals surface area contributed by atoms with Gasteiger partial charge in [-0.05, 0) is 24.6 Å². The van der Waals surface area contributed by atoms with Crippen LogP contribution in [0.15, 0.2) is 36.8 Å². The van der Waals surface area contributed by atoms with Gasteiger partial charge in [0.25, 0.3) is 0 Å². The maximum atomic E-state index is 9.54. The summed E-state index contributed by atoms with van der Waals surface area (Å²) in [5.41, 5.74) is 3.04. The zero-order valence-corrected chi connectivity index (χ0v) is 16.4. The van der Waals surface area contributed by atoms with Crippen molar-refractivity contribution in [3.8, 4) is 22.9 Å². The van der Waals surface area contributed by atoms with Gasteiger partial charge in [0.15, 0.2) is 0 Å². The molecule has 8 nitrogen and oxygen atoms in total. The van der Waals surface area contributed by atoms with E-state index in [1.54, 1.807) is 16.9 Å². The summed E-state index contributed by atoms with van der Waals surface area (Å²) in [5, 5.41) is 27.0. The lowest BCUT2D eigenvalue weighted by molar-refractivity contribution is -0.0109. The third kappa shape index (κ3) is 2.90. The normalized spacial score (nSPS) is 27.3. The zero-order chi connectivity index (χ0) is 20.2. The van der Waals surface area contributed by atoms with Gasteiger partial charge < -0.3 is 20.1 Å². The largest absolute Gasteiger partial charge is 0.489 e. The molecule has 3 aliphatic heterocycles. The summed E-state index contributed by atoms with van der Waals surface area (Å²) in [4.78, 5) is 7.05. The van der Waals surface area contributed by atoms with Gasteiger partial charge >= 0.3 is 0 Å². The van der Waals surface area contributed by atoms with E-state index in [4.69, 9.17) is 9.72 Å². The highest BCUT2D eigenvalue weighted by molar-refractivity contribution is 5.85. The fourth-order valence-electron chi connectivity index (χ4n) is 4.72. The minimum Gasteiger partial charge on any atom is -0.489 e. The van der Waals surface area contributed by atoms with Crippen LogP contribution in [0, 0.1) is 11.3 Å². The van der Waals surface area contributed by atoms with Crippen LogP contribution in [0.3, 0.4) is 0 Å². The van der Waals surface area contributed by atoms with Gasteiger partial charge in [-0.15, -0.1) is 0 Å². The topological polar surface area (TPSA) is 98.7 Å². The highest BCUT2D eigenvalue weighted by Crippen LogP contribution is 2.34. The van der Waals surface area contributed by atoms with Gasteiger partial charge in [-0.1, -0.05) is 0 Å². The fraction of sp³-hybridized carbons (Fsp3) is 0.409. The smallest absolute Gasteiger partial charge is 0.138 e. The van der Waals surface area contributed by atoms with Crippen LogP contribution in [0.1, 0.15) is 24.8 Å². The molecule has 1 aliphatic carbocycles. The predicted molar refractivity (Wildman–Crippen MR) is 110 cm³/mol. The van der Waals surface area contributed by atoms with Crippen molar-refractivity contribution in [3.05, 3.63) is 42.4 Å². The lowest BCUT2D eigenvalue weighted by atomic mass is 9.91. The molecule has 0 radical (unpaired) electrons. The maximum absolute atomic E-state index is 9.54.